The highest BCUT2D eigenvalue weighted by atomic mass is 16.7. The minimum Gasteiger partial charge on any atom is -0.454 e. The van der Waals surface area contributed by atoms with Crippen molar-refractivity contribution in [1.29, 1.82) is 0 Å². The van der Waals surface area contributed by atoms with Crippen molar-refractivity contribution >= 4 is 17.0 Å². The molecule has 8 heteroatoms. The van der Waals surface area contributed by atoms with E-state index in [0.717, 1.165) is 0 Å². The normalized spacial score (nSPS) is 12.8. The number of aromatic amines is 1. The Hall–Kier alpha value is -3.03. The molecule has 100 valence electrons. The fourth-order valence-corrected chi connectivity index (χ4v) is 1.95. The second-order valence-electron chi connectivity index (χ2n) is 4.14. The monoisotopic (exact) mass is 271 g/mol. The summed E-state index contributed by atoms with van der Waals surface area (Å²) in [5.41, 5.74) is 6.15. The smallest absolute Gasteiger partial charge is 0.235 e. The number of aromatic nitrogens is 4. The van der Waals surface area contributed by atoms with E-state index >= 15 is 0 Å². The van der Waals surface area contributed by atoms with Crippen molar-refractivity contribution in [2.24, 2.45) is 0 Å². The Labute approximate surface area is 112 Å². The number of H-pyrrole nitrogens is 1. The van der Waals surface area contributed by atoms with E-state index in [9.17, 15) is 0 Å². The topological polar surface area (TPSA) is 108 Å². The number of anilines is 1. The Balaban J connectivity index is 1.75. The first-order valence-electron chi connectivity index (χ1n) is 5.84. The quantitative estimate of drug-likeness (QED) is 0.726. The predicted octanol–water partition coefficient (Wildman–Crippen LogP) is 1.46. The average Bonchev–Trinajstić information content (AvgIpc) is 3.05. The third-order valence-electron chi connectivity index (χ3n) is 2.85. The van der Waals surface area contributed by atoms with Crippen LogP contribution in [0.25, 0.3) is 11.0 Å². The predicted molar refractivity (Wildman–Crippen MR) is 68.7 cm³/mol. The fraction of sp³-hybridized carbons (Fsp3) is 0.0833. The third kappa shape index (κ3) is 1.66. The minimum atomic E-state index is 0.109. The molecule has 1 aliphatic rings. The molecule has 1 aromatic carbocycles. The van der Waals surface area contributed by atoms with E-state index < -0.39 is 0 Å². The zero-order valence-corrected chi connectivity index (χ0v) is 10.2. The third-order valence-corrected chi connectivity index (χ3v) is 2.85. The molecule has 0 saturated carbocycles. The average molecular weight is 271 g/mol. The number of fused-ring (bicyclic) bond motifs is 2. The number of nitrogen functional groups attached to an aromatic ring is 1. The Bertz CT molecular complexity index is 801. The number of nitrogens with two attached hydrogens (primary N) is 1. The molecule has 3 heterocycles. The van der Waals surface area contributed by atoms with Gasteiger partial charge in [0.2, 0.25) is 18.6 Å². The molecule has 0 atom stereocenters. The van der Waals surface area contributed by atoms with Crippen LogP contribution in [-0.2, 0) is 0 Å². The minimum absolute atomic E-state index is 0.109. The Morgan fingerprint density at radius 1 is 1.20 bits per heavy atom. The van der Waals surface area contributed by atoms with E-state index in [0.29, 0.717) is 34.2 Å². The SMILES string of the molecule is Nc1nc(Oc2ccc3c(c2)OCO3)c2cn[nH]c2n1. The molecule has 8 nitrogen and oxygen atoms in total. The lowest BCUT2D eigenvalue weighted by molar-refractivity contribution is 0.174. The maximum Gasteiger partial charge on any atom is 0.235 e. The van der Waals surface area contributed by atoms with Gasteiger partial charge in [-0.3, -0.25) is 5.10 Å². The lowest BCUT2D eigenvalue weighted by Crippen LogP contribution is -1.98. The van der Waals surface area contributed by atoms with Gasteiger partial charge in [-0.25, -0.2) is 0 Å². The van der Waals surface area contributed by atoms with Crippen LogP contribution in [0.2, 0.25) is 0 Å². The summed E-state index contributed by atoms with van der Waals surface area (Å²) in [4.78, 5) is 8.09. The number of hydrogen-bond donors (Lipinski definition) is 2. The molecule has 0 amide bonds. The Morgan fingerprint density at radius 2 is 2.10 bits per heavy atom. The second-order valence-corrected chi connectivity index (χ2v) is 4.14. The lowest BCUT2D eigenvalue weighted by Gasteiger charge is -2.06. The summed E-state index contributed by atoms with van der Waals surface area (Å²) in [7, 11) is 0. The van der Waals surface area contributed by atoms with Crippen molar-refractivity contribution in [3.05, 3.63) is 24.4 Å². The van der Waals surface area contributed by atoms with Gasteiger partial charge >= 0.3 is 0 Å². The number of nitrogens with one attached hydrogen (secondary N) is 1. The van der Waals surface area contributed by atoms with E-state index in [2.05, 4.69) is 20.2 Å². The van der Waals surface area contributed by atoms with Crippen LogP contribution in [0, 0.1) is 0 Å². The van der Waals surface area contributed by atoms with Gasteiger partial charge < -0.3 is 19.9 Å². The molecule has 0 fully saturated rings. The Kier molecular flexibility index (Phi) is 2.16. The first kappa shape index (κ1) is 10.9. The molecule has 0 bridgehead atoms. The number of nitrogens with zero attached hydrogens (tertiary/aromatic N) is 3. The summed E-state index contributed by atoms with van der Waals surface area (Å²) in [6, 6.07) is 5.26. The molecule has 20 heavy (non-hydrogen) atoms. The molecule has 0 aliphatic carbocycles. The largest absolute Gasteiger partial charge is 0.454 e. The summed E-state index contributed by atoms with van der Waals surface area (Å²) >= 11 is 0. The van der Waals surface area contributed by atoms with Gasteiger partial charge in [0, 0.05) is 6.07 Å². The van der Waals surface area contributed by atoms with E-state index in [4.69, 9.17) is 19.9 Å². The summed E-state index contributed by atoms with van der Waals surface area (Å²) in [6.45, 7) is 0.214. The zero-order chi connectivity index (χ0) is 13.5. The second kappa shape index (κ2) is 3.98. The van der Waals surface area contributed by atoms with Crippen molar-refractivity contribution in [2.45, 2.75) is 0 Å². The first-order chi connectivity index (χ1) is 9.79. The molecule has 0 saturated heterocycles. The molecular weight excluding hydrogens is 262 g/mol. The van der Waals surface area contributed by atoms with Gasteiger partial charge in [0.15, 0.2) is 17.1 Å². The first-order valence-corrected chi connectivity index (χ1v) is 5.84. The molecular formula is C12H9N5O3. The van der Waals surface area contributed by atoms with Crippen LogP contribution in [0.1, 0.15) is 0 Å². The highest BCUT2D eigenvalue weighted by Gasteiger charge is 2.16. The van der Waals surface area contributed by atoms with Crippen molar-refractivity contribution < 1.29 is 14.2 Å². The van der Waals surface area contributed by atoms with Crippen LogP contribution in [0.3, 0.4) is 0 Å². The van der Waals surface area contributed by atoms with E-state index in [1.165, 1.54) is 0 Å². The lowest BCUT2D eigenvalue weighted by atomic mass is 10.3. The van der Waals surface area contributed by atoms with E-state index in [1.807, 2.05) is 0 Å². The van der Waals surface area contributed by atoms with E-state index in [1.54, 1.807) is 24.4 Å². The number of hydrogen-bond acceptors (Lipinski definition) is 7. The van der Waals surface area contributed by atoms with Gasteiger partial charge in [-0.1, -0.05) is 0 Å². The molecule has 0 spiro atoms. The van der Waals surface area contributed by atoms with Gasteiger partial charge in [-0.2, -0.15) is 15.1 Å². The maximum atomic E-state index is 5.73. The molecule has 2 aromatic heterocycles. The molecule has 3 N–H and O–H groups in total. The van der Waals surface area contributed by atoms with E-state index in [-0.39, 0.29) is 12.7 Å². The van der Waals surface area contributed by atoms with Crippen LogP contribution >= 0.6 is 0 Å². The number of benzene rings is 1. The van der Waals surface area contributed by atoms with Gasteiger partial charge in [0.25, 0.3) is 0 Å². The van der Waals surface area contributed by atoms with Crippen molar-refractivity contribution in [2.75, 3.05) is 12.5 Å². The summed E-state index contributed by atoms with van der Waals surface area (Å²) < 4.78 is 16.3. The van der Waals surface area contributed by atoms with Crippen LogP contribution in [-0.4, -0.2) is 27.0 Å². The molecule has 3 aromatic rings. The van der Waals surface area contributed by atoms with Crippen LogP contribution < -0.4 is 19.9 Å². The molecule has 1 aliphatic heterocycles. The highest BCUT2D eigenvalue weighted by molar-refractivity contribution is 5.80. The Morgan fingerprint density at radius 3 is 3.05 bits per heavy atom. The summed E-state index contributed by atoms with van der Waals surface area (Å²) in [6.07, 6.45) is 1.58. The van der Waals surface area contributed by atoms with Crippen LogP contribution in [0.15, 0.2) is 24.4 Å². The van der Waals surface area contributed by atoms with Crippen molar-refractivity contribution in [3.63, 3.8) is 0 Å². The van der Waals surface area contributed by atoms with Crippen molar-refractivity contribution in [1.82, 2.24) is 20.2 Å². The van der Waals surface area contributed by atoms with Crippen LogP contribution in [0.4, 0.5) is 5.95 Å². The van der Waals surface area contributed by atoms with Gasteiger partial charge in [0.1, 0.15) is 11.1 Å². The van der Waals surface area contributed by atoms with Gasteiger partial charge in [-0.05, 0) is 12.1 Å². The molecule has 4 rings (SSSR count). The summed E-state index contributed by atoms with van der Waals surface area (Å²) in [5.74, 6) is 2.33. The van der Waals surface area contributed by atoms with Crippen LogP contribution in [0.5, 0.6) is 23.1 Å². The number of ether oxygens (including phenoxy) is 3. The molecule has 0 unspecified atom stereocenters. The van der Waals surface area contributed by atoms with Crippen molar-refractivity contribution in [3.8, 4) is 23.1 Å². The van der Waals surface area contributed by atoms with Gasteiger partial charge in [0.05, 0.1) is 6.20 Å². The maximum absolute atomic E-state index is 5.73. The summed E-state index contributed by atoms with van der Waals surface area (Å²) in [5, 5.41) is 7.27. The van der Waals surface area contributed by atoms with Gasteiger partial charge in [-0.15, -0.1) is 0 Å². The zero-order valence-electron chi connectivity index (χ0n) is 10.2. The highest BCUT2D eigenvalue weighted by Crippen LogP contribution is 2.37. The number of rotatable bonds is 2. The fourth-order valence-electron chi connectivity index (χ4n) is 1.95. The molecule has 0 radical (unpaired) electrons. The standard InChI is InChI=1S/C12H9N5O3/c13-12-15-10-7(4-14-17-10)11(16-12)20-6-1-2-8-9(3-6)19-5-18-8/h1-4H,5H2,(H3,13,14,15,16,17).